The van der Waals surface area contributed by atoms with Crippen LogP contribution >= 0.6 is 15.9 Å². The number of ether oxygens (including phenoxy) is 1. The van der Waals surface area contributed by atoms with E-state index < -0.39 is 15.6 Å². The van der Waals surface area contributed by atoms with Gasteiger partial charge in [0, 0.05) is 103 Å². The number of fused-ring (bicyclic) bond motifs is 2. The minimum absolute atomic E-state index is 0.0872. The predicted molar refractivity (Wildman–Crippen MR) is 259 cm³/mol. The molecule has 340 valence electrons. The lowest BCUT2D eigenvalue weighted by molar-refractivity contribution is 0.0193. The van der Waals surface area contributed by atoms with Gasteiger partial charge in [-0.3, -0.25) is 0 Å². The van der Waals surface area contributed by atoms with E-state index in [1.807, 2.05) is 50.5 Å². The van der Waals surface area contributed by atoms with Gasteiger partial charge in [-0.05, 0) is 117 Å². The second-order valence-corrected chi connectivity index (χ2v) is 20.3. The maximum Gasteiger partial charge on any atom is 0.410 e. The molecule has 0 aliphatic carbocycles. The highest BCUT2D eigenvalue weighted by Crippen LogP contribution is 2.32. The van der Waals surface area contributed by atoms with E-state index in [9.17, 15) is 13.2 Å². The number of aromatic nitrogens is 6. The van der Waals surface area contributed by atoms with Crippen LogP contribution in [-0.2, 0) is 14.8 Å². The molecule has 2 aliphatic rings. The summed E-state index contributed by atoms with van der Waals surface area (Å²) >= 11 is 3.46. The Morgan fingerprint density at radius 2 is 1.20 bits per heavy atom. The molecule has 6 heterocycles. The van der Waals surface area contributed by atoms with Crippen LogP contribution in [0.5, 0.6) is 0 Å². The molecule has 2 saturated heterocycles. The van der Waals surface area contributed by atoms with Crippen LogP contribution in [0.1, 0.15) is 48.5 Å². The Hall–Kier alpha value is -6.08. The number of sulfonamides is 1. The number of halogens is 1. The average Bonchev–Trinajstić information content (AvgIpc) is 3.85. The van der Waals surface area contributed by atoms with Gasteiger partial charge in [0.15, 0.2) is 11.3 Å². The van der Waals surface area contributed by atoms with Crippen molar-refractivity contribution in [2.24, 2.45) is 5.14 Å². The summed E-state index contributed by atoms with van der Waals surface area (Å²) in [4.78, 5) is 28.2. The highest BCUT2D eigenvalue weighted by Gasteiger charge is 2.34. The molecular weight excluding hydrogens is 909 g/mol. The molecule has 0 bridgehead atoms. The number of nitrogens with one attached hydrogen (secondary N) is 1. The molecule has 4 atom stereocenters. The third-order valence-electron chi connectivity index (χ3n) is 11.7. The first-order chi connectivity index (χ1) is 30.8. The zero-order valence-electron chi connectivity index (χ0n) is 37.6. The van der Waals surface area contributed by atoms with Crippen molar-refractivity contribution >= 4 is 60.4 Å². The third kappa shape index (κ3) is 9.80. The molecule has 16 nitrogen and oxygen atoms in total. The van der Waals surface area contributed by atoms with Gasteiger partial charge < -0.3 is 30.5 Å². The molecule has 5 N–H and O–H groups in total. The largest absolute Gasteiger partial charge is 0.444 e. The fraction of sp³-hybridized carbons (Fsp3) is 0.340. The molecule has 0 spiro atoms. The van der Waals surface area contributed by atoms with Crippen molar-refractivity contribution in [3.8, 4) is 33.4 Å². The average molecular weight is 964 g/mol. The summed E-state index contributed by atoms with van der Waals surface area (Å²) in [5, 5.41) is 17.4. The Labute approximate surface area is 387 Å². The Balaban J connectivity index is 0.000000178. The third-order valence-corrected chi connectivity index (χ3v) is 13.2. The molecule has 0 unspecified atom stereocenters. The summed E-state index contributed by atoms with van der Waals surface area (Å²) < 4.78 is 33.2. The summed E-state index contributed by atoms with van der Waals surface area (Å²) in [6.07, 6.45) is 10.8. The maximum absolute atomic E-state index is 12.5. The van der Waals surface area contributed by atoms with Crippen LogP contribution in [0.4, 0.5) is 21.9 Å². The lowest BCUT2D eigenvalue weighted by Gasteiger charge is -2.45. The second-order valence-electron chi connectivity index (χ2n) is 17.9. The summed E-state index contributed by atoms with van der Waals surface area (Å²) in [5.41, 5.74) is 14.9. The van der Waals surface area contributed by atoms with Crippen LogP contribution < -0.4 is 26.0 Å². The number of carbonyl (C=O) groups excluding carboxylic acids is 1. The van der Waals surface area contributed by atoms with E-state index in [1.165, 1.54) is 11.8 Å². The van der Waals surface area contributed by atoms with E-state index >= 15 is 0 Å². The molecule has 0 saturated carbocycles. The molecular formula is C47H55BrN12O4S. The zero-order chi connectivity index (χ0) is 46.4. The number of nitrogen functional groups attached to an aromatic ring is 1. The smallest absolute Gasteiger partial charge is 0.410 e. The van der Waals surface area contributed by atoms with Crippen molar-refractivity contribution in [2.45, 2.75) is 83.1 Å². The normalized spacial score (nSPS) is 19.3. The van der Waals surface area contributed by atoms with Crippen molar-refractivity contribution in [3.63, 3.8) is 0 Å². The van der Waals surface area contributed by atoms with Crippen LogP contribution in [0.3, 0.4) is 0 Å². The molecule has 3 aromatic carbocycles. The number of piperazine rings is 2. The molecule has 0 radical (unpaired) electrons. The first-order valence-corrected chi connectivity index (χ1v) is 23.9. The van der Waals surface area contributed by atoms with Crippen molar-refractivity contribution in [1.29, 1.82) is 0 Å². The number of benzene rings is 3. The molecule has 9 rings (SSSR count). The number of anilines is 3. The van der Waals surface area contributed by atoms with Crippen molar-refractivity contribution in [1.82, 2.24) is 39.4 Å². The van der Waals surface area contributed by atoms with E-state index in [1.54, 1.807) is 33.6 Å². The van der Waals surface area contributed by atoms with E-state index in [4.69, 9.17) is 15.6 Å². The number of nitrogens with zero attached hydrogens (tertiary/aromatic N) is 9. The van der Waals surface area contributed by atoms with Crippen LogP contribution in [0.15, 0.2) is 113 Å². The van der Waals surface area contributed by atoms with Crippen molar-refractivity contribution in [2.75, 3.05) is 41.7 Å². The van der Waals surface area contributed by atoms with E-state index in [2.05, 4.69) is 127 Å². The summed E-state index contributed by atoms with van der Waals surface area (Å²) in [6, 6.07) is 22.9. The van der Waals surface area contributed by atoms with Crippen LogP contribution in [0.2, 0.25) is 0 Å². The summed E-state index contributed by atoms with van der Waals surface area (Å²) in [7, 11) is -3.88. The fourth-order valence-electron chi connectivity index (χ4n) is 8.80. The maximum atomic E-state index is 12.5. The molecule has 2 aliphatic heterocycles. The van der Waals surface area contributed by atoms with Gasteiger partial charge in [0.2, 0.25) is 10.0 Å². The molecule has 65 heavy (non-hydrogen) atoms. The van der Waals surface area contributed by atoms with Gasteiger partial charge in [-0.2, -0.15) is 10.2 Å². The fourth-order valence-corrected chi connectivity index (χ4v) is 9.82. The highest BCUT2D eigenvalue weighted by atomic mass is 79.9. The lowest BCUT2D eigenvalue weighted by Crippen LogP contribution is -2.58. The van der Waals surface area contributed by atoms with Crippen molar-refractivity contribution in [3.05, 3.63) is 108 Å². The van der Waals surface area contributed by atoms with Crippen LogP contribution in [-0.4, -0.2) is 105 Å². The first kappa shape index (κ1) is 45.5. The molecule has 18 heteroatoms. The Morgan fingerprint density at radius 1 is 0.708 bits per heavy atom. The van der Waals surface area contributed by atoms with Gasteiger partial charge in [0.1, 0.15) is 10.5 Å². The van der Waals surface area contributed by atoms with Gasteiger partial charge in [-0.15, -0.1) is 0 Å². The predicted octanol–water partition coefficient (Wildman–Crippen LogP) is 7.47. The van der Waals surface area contributed by atoms with Crippen LogP contribution in [0.25, 0.3) is 44.7 Å². The van der Waals surface area contributed by atoms with Gasteiger partial charge in [0.25, 0.3) is 0 Å². The zero-order valence-corrected chi connectivity index (χ0v) is 40.0. The standard InChI is InChI=1S/C24H27N7O2S.C23H28BrN5O2/c1-15-10-27-11-16(2)31(15)20-6-3-17(4-7-20)19-12-28-24-21(13-29-30(24)14-19)18-5-8-23(22(25)9-18)34(26,32)33;1-15-12-27(22(30)31-23(3,4)5)13-16(2)29(15)19-8-6-17(7-9-19)18-10-25-21-20(24)11-26-28(21)14-18/h3-9,12-16,27H,10-11,25H2,1-2H3,(H2,26,32,33);6-11,14-16H,12-13H2,1-5H3/t2*15-,16+. The number of amides is 1. The number of hydrogen-bond acceptors (Lipinski definition) is 12. The molecule has 2 fully saturated rings. The second kappa shape index (κ2) is 18.1. The van der Waals surface area contributed by atoms with Gasteiger partial charge in [-0.25, -0.2) is 37.4 Å². The monoisotopic (exact) mass is 962 g/mol. The molecule has 1 amide bonds. The quantitative estimate of drug-likeness (QED) is 0.139. The number of hydrogen-bond donors (Lipinski definition) is 3. The summed E-state index contributed by atoms with van der Waals surface area (Å²) in [5.74, 6) is 0. The van der Waals surface area contributed by atoms with Gasteiger partial charge >= 0.3 is 6.09 Å². The Bertz CT molecular complexity index is 2930. The number of nitrogens with two attached hydrogens (primary N) is 2. The Morgan fingerprint density at radius 3 is 1.72 bits per heavy atom. The van der Waals surface area contributed by atoms with Gasteiger partial charge in [0.05, 0.1) is 22.6 Å². The lowest BCUT2D eigenvalue weighted by atomic mass is 10.0. The van der Waals surface area contributed by atoms with Gasteiger partial charge in [-0.1, -0.05) is 30.3 Å². The highest BCUT2D eigenvalue weighted by molar-refractivity contribution is 9.10. The number of primary sulfonamides is 1. The van der Waals surface area contributed by atoms with E-state index in [0.717, 1.165) is 56.7 Å². The minimum Gasteiger partial charge on any atom is -0.444 e. The number of rotatable bonds is 6. The Kier molecular flexibility index (Phi) is 12.6. The number of carbonyl (C=O) groups is 1. The summed E-state index contributed by atoms with van der Waals surface area (Å²) in [6.45, 7) is 17.7. The SMILES string of the molecule is C[C@@H]1CN(C(=O)OC(C)(C)C)C[C@H](C)N1c1ccc(-c2cnc3c(Br)cnn3c2)cc1.C[C@@H]1CNC[C@H](C)N1c1ccc(-c2cnc3c(-c4ccc(S(N)(=O)=O)c(N)c4)cnn3c2)cc1. The topological polar surface area (TPSA) is 195 Å². The van der Waals surface area contributed by atoms with E-state index in [0.29, 0.717) is 36.4 Å². The van der Waals surface area contributed by atoms with Crippen LogP contribution in [0, 0.1) is 0 Å². The first-order valence-electron chi connectivity index (χ1n) is 21.6. The molecule has 7 aromatic rings. The van der Waals surface area contributed by atoms with Crippen molar-refractivity contribution < 1.29 is 17.9 Å². The minimum atomic E-state index is -3.88. The molecule has 4 aromatic heterocycles. The van der Waals surface area contributed by atoms with E-state index in [-0.39, 0.29) is 28.8 Å².